The first-order valence-electron chi connectivity index (χ1n) is 30.6. The van der Waals surface area contributed by atoms with Crippen LogP contribution in [0.15, 0.2) is 97.6 Å². The molecule has 3 fully saturated rings. The molecule has 8 aromatic heterocycles. The second-order valence-electron chi connectivity index (χ2n) is 23.7. The van der Waals surface area contributed by atoms with Gasteiger partial charge >= 0.3 is 0 Å². The van der Waals surface area contributed by atoms with Gasteiger partial charge in [-0.15, -0.1) is 0 Å². The second kappa shape index (κ2) is 24.9. The normalized spacial score (nSPS) is 15.8. The average Bonchev–Trinajstić information content (AvgIpc) is 1.97. The van der Waals surface area contributed by atoms with E-state index in [1.807, 2.05) is 63.6 Å². The fourth-order valence-electron chi connectivity index (χ4n) is 12.7. The highest BCUT2D eigenvalue weighted by Crippen LogP contribution is 2.36. The van der Waals surface area contributed by atoms with Crippen molar-refractivity contribution in [2.75, 3.05) is 59.5 Å². The Bertz CT molecular complexity index is 4620. The first-order valence-corrected chi connectivity index (χ1v) is 30.6. The van der Waals surface area contributed by atoms with Gasteiger partial charge in [0.1, 0.15) is 23.0 Å². The summed E-state index contributed by atoms with van der Waals surface area (Å²) in [7, 11) is 3.33. The van der Waals surface area contributed by atoms with Gasteiger partial charge < -0.3 is 19.9 Å². The Morgan fingerprint density at radius 3 is 1.69 bits per heavy atom. The summed E-state index contributed by atoms with van der Waals surface area (Å²) in [5.41, 5.74) is 12.5. The highest BCUT2D eigenvalue weighted by atomic mass is 19.1. The molecule has 4 aromatic carbocycles. The van der Waals surface area contributed by atoms with Crippen molar-refractivity contribution in [3.63, 3.8) is 0 Å². The molecular weight excluding hydrogens is 1130 g/mol. The predicted octanol–water partition coefficient (Wildman–Crippen LogP) is 12.2. The third-order valence-corrected chi connectivity index (χ3v) is 17.7. The molecule has 0 aliphatic carbocycles. The van der Waals surface area contributed by atoms with Crippen molar-refractivity contribution < 1.29 is 22.3 Å². The summed E-state index contributed by atoms with van der Waals surface area (Å²) < 4.78 is 70.5. The van der Waals surface area contributed by atoms with E-state index < -0.39 is 11.6 Å². The van der Waals surface area contributed by atoms with E-state index >= 15 is 8.78 Å². The fraction of sp³-hybridized carbons (Fsp3) is 0.358. The van der Waals surface area contributed by atoms with Gasteiger partial charge in [0, 0.05) is 70.7 Å². The Labute approximate surface area is 511 Å². The minimum Gasteiger partial charge on any atom is -0.493 e. The molecule has 0 unspecified atom stereocenters. The molecule has 89 heavy (non-hydrogen) atoms. The van der Waals surface area contributed by atoms with Crippen LogP contribution >= 0.6 is 0 Å². The van der Waals surface area contributed by atoms with Gasteiger partial charge in [0.15, 0.2) is 22.9 Å². The van der Waals surface area contributed by atoms with Crippen LogP contribution in [0.1, 0.15) is 104 Å². The number of hydrogen-bond donors (Lipinski definition) is 1. The Morgan fingerprint density at radius 1 is 0.528 bits per heavy atom. The zero-order chi connectivity index (χ0) is 61.6. The Balaban J connectivity index is 0.000000123. The summed E-state index contributed by atoms with van der Waals surface area (Å²) in [5.74, 6) is 0.0473. The van der Waals surface area contributed by atoms with Crippen LogP contribution in [0, 0.1) is 44.0 Å². The van der Waals surface area contributed by atoms with Crippen molar-refractivity contribution in [1.29, 1.82) is 0 Å². The number of methoxy groups -OCH3 is 1. The van der Waals surface area contributed by atoms with Gasteiger partial charge in [0.05, 0.1) is 86.8 Å². The summed E-state index contributed by atoms with van der Waals surface area (Å²) in [4.78, 5) is 23.0. The van der Waals surface area contributed by atoms with Gasteiger partial charge in [-0.1, -0.05) is 13.8 Å². The summed E-state index contributed by atoms with van der Waals surface area (Å²) >= 11 is 0. The molecule has 11 heterocycles. The van der Waals surface area contributed by atoms with E-state index in [2.05, 4.69) is 84.6 Å². The van der Waals surface area contributed by atoms with Crippen LogP contribution in [0.25, 0.3) is 88.7 Å². The molecule has 1 N–H and O–H groups in total. The Kier molecular flexibility index (Phi) is 16.5. The average molecular weight is 1200 g/mol. The molecule has 18 nitrogen and oxygen atoms in total. The lowest BCUT2D eigenvalue weighted by Gasteiger charge is -2.30. The topological polar surface area (TPSA) is 183 Å². The number of likely N-dealkylation sites (tertiary alicyclic amines) is 2. The largest absolute Gasteiger partial charge is 0.493 e. The number of piperidine rings is 3. The summed E-state index contributed by atoms with van der Waals surface area (Å²) in [6.07, 6.45) is 13.2. The molecule has 0 amide bonds. The molecule has 3 saturated heterocycles. The van der Waals surface area contributed by atoms with Crippen LogP contribution in [-0.4, -0.2) is 139 Å². The number of aromatic nitrogens is 14. The summed E-state index contributed by atoms with van der Waals surface area (Å²) in [6.45, 7) is 18.4. The van der Waals surface area contributed by atoms with E-state index in [9.17, 15) is 8.78 Å². The molecule has 0 atom stereocenters. The first-order chi connectivity index (χ1) is 43.2. The van der Waals surface area contributed by atoms with Crippen LogP contribution in [-0.2, 0) is 7.05 Å². The zero-order valence-corrected chi connectivity index (χ0v) is 50.9. The minimum atomic E-state index is -0.414. The Morgan fingerprint density at radius 2 is 1.07 bits per heavy atom. The summed E-state index contributed by atoms with van der Waals surface area (Å²) in [5, 5.41) is 35.5. The van der Waals surface area contributed by atoms with E-state index in [-0.39, 0.29) is 11.6 Å². The number of halogens is 4. The third-order valence-electron chi connectivity index (χ3n) is 17.7. The smallest absolute Gasteiger partial charge is 0.196 e. The number of fused-ring (bicyclic) bond motifs is 6. The molecule has 3 aliphatic heterocycles. The maximum Gasteiger partial charge on any atom is 0.196 e. The van der Waals surface area contributed by atoms with Crippen molar-refractivity contribution in [3.05, 3.63) is 155 Å². The van der Waals surface area contributed by atoms with Gasteiger partial charge in [-0.3, -0.25) is 9.67 Å². The summed E-state index contributed by atoms with van der Waals surface area (Å²) in [6, 6.07) is 20.5. The standard InChI is InChI=1S/C23H25FN6O.C23H25FN6.C21H19F2N5/c1-4-29-7-5-15(6-8-29)19-11-17-18(24)9-16(10-21(17)27-26-19)20-12-22(31-3)23-25-14(2)13-30(23)28-20;1-4-29-7-5-16(6-8-29)21-12-25-20-11-17(10-18(24)22(20)27-21)19-9-14(2)23-26-15(3)13-30(23)28-19;1-28-11-16-18(27-28)3-2-14(21(16)23)13-8-17(22)15-10-19(25-26-20(15)9-13)12-4-6-24-7-5-12/h9-13,15H,4-8H2,1-3H3;9-13,16H,4-8H2,1-3H3;2-3,8-12,24H,4-7H2,1H3. The van der Waals surface area contributed by atoms with Crippen LogP contribution < -0.4 is 10.1 Å². The van der Waals surface area contributed by atoms with Gasteiger partial charge in [-0.25, -0.2) is 41.5 Å². The lowest BCUT2D eigenvalue weighted by molar-refractivity contribution is 0.220. The number of aryl methyl sites for hydroxylation is 4. The van der Waals surface area contributed by atoms with Crippen molar-refractivity contribution in [3.8, 4) is 39.4 Å². The number of rotatable bonds is 9. The number of nitrogens with one attached hydrogen (secondary N) is 1. The van der Waals surface area contributed by atoms with Crippen LogP contribution in [0.4, 0.5) is 17.6 Å². The molecule has 3 aliphatic rings. The van der Waals surface area contributed by atoms with Crippen molar-refractivity contribution in [1.82, 2.24) is 84.5 Å². The van der Waals surface area contributed by atoms with E-state index in [0.717, 1.165) is 131 Å². The lowest BCUT2D eigenvalue weighted by atomic mass is 9.92. The number of benzene rings is 4. The van der Waals surface area contributed by atoms with Gasteiger partial charge in [0.2, 0.25) is 0 Å². The number of ether oxygens (including phenoxy) is 1. The highest BCUT2D eigenvalue weighted by Gasteiger charge is 2.26. The van der Waals surface area contributed by atoms with E-state index in [4.69, 9.17) is 4.74 Å². The molecule has 22 heteroatoms. The molecule has 15 rings (SSSR count). The maximum atomic E-state index is 15.1. The van der Waals surface area contributed by atoms with Gasteiger partial charge in [-0.05, 0) is 190 Å². The third kappa shape index (κ3) is 12.1. The van der Waals surface area contributed by atoms with Gasteiger partial charge in [-0.2, -0.15) is 35.7 Å². The van der Waals surface area contributed by atoms with Crippen LogP contribution in [0.3, 0.4) is 0 Å². The first kappa shape index (κ1) is 59.0. The molecule has 456 valence electrons. The van der Waals surface area contributed by atoms with Gasteiger partial charge in [0.25, 0.3) is 0 Å². The Hall–Kier alpha value is -8.99. The predicted molar refractivity (Wildman–Crippen MR) is 336 cm³/mol. The van der Waals surface area contributed by atoms with Crippen LogP contribution in [0.5, 0.6) is 5.75 Å². The number of hydrogen-bond acceptors (Lipinski definition) is 15. The molecule has 0 bridgehead atoms. The zero-order valence-electron chi connectivity index (χ0n) is 50.9. The van der Waals surface area contributed by atoms with Crippen molar-refractivity contribution in [2.45, 2.75) is 90.9 Å². The molecule has 12 aromatic rings. The number of nitrogens with zero attached hydrogens (tertiary/aromatic N) is 16. The fourth-order valence-corrected chi connectivity index (χ4v) is 12.7. The molecular formula is C67H69F4N17O. The molecule has 0 saturated carbocycles. The SMILES string of the molecule is CCN1CCC(c2cc3c(F)cc(-c4cc(OC)c5nc(C)cn5n4)cc3nn2)CC1.CCN1CCC(c2cnc3cc(-c4cc(C)c5nc(C)cn5n4)cc(F)c3n2)CC1.Cn1cc2c(F)c(-c3cc(F)c4cc(C5CCNCC5)nnc4c3)ccc2n1. The highest BCUT2D eigenvalue weighted by molar-refractivity contribution is 5.90. The van der Waals surface area contributed by atoms with Crippen molar-refractivity contribution in [2.24, 2.45) is 7.05 Å². The number of imidazole rings is 2. The minimum absolute atomic E-state index is 0.294. The molecule has 0 spiro atoms. The monoisotopic (exact) mass is 1200 g/mol. The lowest BCUT2D eigenvalue weighted by Crippen LogP contribution is -2.32. The molecule has 0 radical (unpaired) electrons. The second-order valence-corrected chi connectivity index (χ2v) is 23.7. The van der Waals surface area contributed by atoms with E-state index in [1.54, 1.807) is 64.4 Å². The maximum absolute atomic E-state index is 15.1. The van der Waals surface area contributed by atoms with Crippen LogP contribution in [0.2, 0.25) is 0 Å². The van der Waals surface area contributed by atoms with Crippen molar-refractivity contribution >= 4 is 55.0 Å². The quantitative estimate of drug-likeness (QED) is 0.135. The van der Waals surface area contributed by atoms with E-state index in [1.165, 1.54) is 18.2 Å². The van der Waals surface area contributed by atoms with E-state index in [0.29, 0.717) is 107 Å².